The minimum Gasteiger partial charge on any atom is -0.369 e. The molecule has 0 heterocycles. The van der Waals surface area contributed by atoms with E-state index in [1.807, 2.05) is 18.2 Å². The first-order valence-corrected chi connectivity index (χ1v) is 9.67. The molecule has 0 bridgehead atoms. The van der Waals surface area contributed by atoms with Crippen LogP contribution >= 0.6 is 11.8 Å². The molecule has 4 heteroatoms. The third-order valence-electron chi connectivity index (χ3n) is 5.54. The number of amides is 1. The largest absolute Gasteiger partial charge is 0.369 e. The summed E-state index contributed by atoms with van der Waals surface area (Å²) in [6.45, 7) is 2.07. The molecule has 2 aliphatic rings. The lowest BCUT2D eigenvalue weighted by Crippen LogP contribution is -2.39. The van der Waals surface area contributed by atoms with E-state index in [2.05, 4.69) is 37.3 Å². The SMILES string of the molecule is Cc1ccc(Sc2ccccc2[C@]2(C(N)=O)CC3=CC(=O)C[C@@H]3C2)cc1. The standard InChI is InChI=1S/C22H21NO2S/c1-14-6-8-18(9-7-14)26-20-5-3-2-4-19(20)22(21(23)25)12-15-10-17(24)11-16(15)13-22/h2-10,16H,11-13H2,1H3,(H2,23,25)/t16-,22+/m1/s1. The Bertz CT molecular complexity index is 916. The van der Waals surface area contributed by atoms with Crippen molar-refractivity contribution < 1.29 is 9.59 Å². The van der Waals surface area contributed by atoms with Crippen molar-refractivity contribution in [1.82, 2.24) is 0 Å². The van der Waals surface area contributed by atoms with Gasteiger partial charge in [0.2, 0.25) is 5.91 Å². The summed E-state index contributed by atoms with van der Waals surface area (Å²) in [4.78, 5) is 26.5. The van der Waals surface area contributed by atoms with Gasteiger partial charge in [0.1, 0.15) is 0 Å². The summed E-state index contributed by atoms with van der Waals surface area (Å²) in [5, 5.41) is 0. The van der Waals surface area contributed by atoms with Crippen molar-refractivity contribution in [3.8, 4) is 0 Å². The number of ketones is 1. The molecule has 3 nitrogen and oxygen atoms in total. The minimum absolute atomic E-state index is 0.160. The van der Waals surface area contributed by atoms with Crippen LogP contribution < -0.4 is 5.73 Å². The summed E-state index contributed by atoms with van der Waals surface area (Å²) in [5.41, 5.74) is 8.50. The Labute approximate surface area is 157 Å². The normalized spacial score (nSPS) is 24.4. The summed E-state index contributed by atoms with van der Waals surface area (Å²) < 4.78 is 0. The molecule has 4 rings (SSSR count). The number of rotatable bonds is 4. The predicted octanol–water partition coefficient (Wildman–Crippen LogP) is 4.18. The van der Waals surface area contributed by atoms with Crippen LogP contribution in [0.1, 0.15) is 30.4 Å². The number of hydrogen-bond donors (Lipinski definition) is 1. The summed E-state index contributed by atoms with van der Waals surface area (Å²) in [6, 6.07) is 16.4. The maximum atomic E-state index is 12.6. The summed E-state index contributed by atoms with van der Waals surface area (Å²) in [5.74, 6) is 0.0371. The van der Waals surface area contributed by atoms with Gasteiger partial charge in [0.15, 0.2) is 5.78 Å². The van der Waals surface area contributed by atoms with Crippen LogP contribution in [0.5, 0.6) is 0 Å². The van der Waals surface area contributed by atoms with Crippen molar-refractivity contribution in [2.75, 3.05) is 0 Å². The first-order valence-electron chi connectivity index (χ1n) is 8.85. The lowest BCUT2D eigenvalue weighted by atomic mass is 9.76. The number of benzene rings is 2. The summed E-state index contributed by atoms with van der Waals surface area (Å²) >= 11 is 1.66. The molecule has 2 aliphatic carbocycles. The maximum Gasteiger partial charge on any atom is 0.228 e. The number of primary amides is 1. The van der Waals surface area contributed by atoms with Gasteiger partial charge in [0, 0.05) is 16.2 Å². The zero-order valence-corrected chi connectivity index (χ0v) is 15.5. The molecule has 2 aromatic carbocycles. The molecule has 0 radical (unpaired) electrons. The molecule has 0 aromatic heterocycles. The van der Waals surface area contributed by atoms with E-state index in [9.17, 15) is 9.59 Å². The van der Waals surface area contributed by atoms with E-state index < -0.39 is 5.41 Å². The minimum atomic E-state index is -0.717. The highest BCUT2D eigenvalue weighted by Crippen LogP contribution is 2.52. The number of hydrogen-bond acceptors (Lipinski definition) is 3. The third-order valence-corrected chi connectivity index (χ3v) is 6.63. The Morgan fingerprint density at radius 3 is 2.58 bits per heavy atom. The molecule has 0 spiro atoms. The highest BCUT2D eigenvalue weighted by molar-refractivity contribution is 7.99. The highest BCUT2D eigenvalue weighted by Gasteiger charge is 2.50. The Kier molecular flexibility index (Phi) is 4.23. The first-order chi connectivity index (χ1) is 12.5. The summed E-state index contributed by atoms with van der Waals surface area (Å²) in [6.07, 6.45) is 3.43. The fourth-order valence-electron chi connectivity index (χ4n) is 4.21. The van der Waals surface area contributed by atoms with Gasteiger partial charge in [0.25, 0.3) is 0 Å². The highest BCUT2D eigenvalue weighted by atomic mass is 32.2. The summed E-state index contributed by atoms with van der Waals surface area (Å²) in [7, 11) is 0. The Hall–Kier alpha value is -2.33. The van der Waals surface area contributed by atoms with Crippen LogP contribution in [0.4, 0.5) is 0 Å². The van der Waals surface area contributed by atoms with Gasteiger partial charge in [-0.1, -0.05) is 53.2 Å². The Balaban J connectivity index is 1.74. The third kappa shape index (κ3) is 2.88. The number of aryl methyl sites for hydroxylation is 1. The molecule has 2 atom stereocenters. The second-order valence-electron chi connectivity index (χ2n) is 7.33. The molecule has 0 unspecified atom stereocenters. The second kappa shape index (κ2) is 6.44. The van der Waals surface area contributed by atoms with Crippen LogP contribution in [0, 0.1) is 12.8 Å². The predicted molar refractivity (Wildman–Crippen MR) is 103 cm³/mol. The number of fused-ring (bicyclic) bond motifs is 1. The number of carbonyl (C=O) groups excluding carboxylic acids is 2. The van der Waals surface area contributed by atoms with Crippen molar-refractivity contribution in [2.45, 2.75) is 41.4 Å². The second-order valence-corrected chi connectivity index (χ2v) is 8.44. The van der Waals surface area contributed by atoms with Gasteiger partial charge < -0.3 is 5.73 Å². The smallest absolute Gasteiger partial charge is 0.228 e. The maximum absolute atomic E-state index is 12.6. The van der Waals surface area contributed by atoms with Crippen molar-refractivity contribution in [1.29, 1.82) is 0 Å². The molecule has 1 saturated carbocycles. The van der Waals surface area contributed by atoms with E-state index in [1.54, 1.807) is 17.8 Å². The van der Waals surface area contributed by atoms with E-state index in [0.29, 0.717) is 19.3 Å². The Morgan fingerprint density at radius 1 is 1.15 bits per heavy atom. The van der Waals surface area contributed by atoms with Gasteiger partial charge in [-0.15, -0.1) is 0 Å². The van der Waals surface area contributed by atoms with Crippen LogP contribution in [0.15, 0.2) is 70.0 Å². The fraction of sp³-hybridized carbons (Fsp3) is 0.273. The van der Waals surface area contributed by atoms with Crippen LogP contribution in [0.3, 0.4) is 0 Å². The van der Waals surface area contributed by atoms with Crippen LogP contribution in [-0.2, 0) is 15.0 Å². The zero-order valence-electron chi connectivity index (χ0n) is 14.7. The van der Waals surface area contributed by atoms with Gasteiger partial charge >= 0.3 is 0 Å². The van der Waals surface area contributed by atoms with Crippen LogP contribution in [-0.4, -0.2) is 11.7 Å². The average molecular weight is 363 g/mol. The van der Waals surface area contributed by atoms with Gasteiger partial charge in [-0.25, -0.2) is 0 Å². The molecule has 1 amide bonds. The van der Waals surface area contributed by atoms with Gasteiger partial charge in [0.05, 0.1) is 5.41 Å². The fourth-order valence-corrected chi connectivity index (χ4v) is 5.25. The van der Waals surface area contributed by atoms with Crippen molar-refractivity contribution in [2.24, 2.45) is 11.7 Å². The molecule has 2 N–H and O–H groups in total. The van der Waals surface area contributed by atoms with E-state index in [-0.39, 0.29) is 17.6 Å². The monoisotopic (exact) mass is 363 g/mol. The molecule has 0 aliphatic heterocycles. The van der Waals surface area contributed by atoms with E-state index >= 15 is 0 Å². The van der Waals surface area contributed by atoms with Crippen LogP contribution in [0.25, 0.3) is 0 Å². The zero-order chi connectivity index (χ0) is 18.3. The van der Waals surface area contributed by atoms with Gasteiger partial charge in [-0.2, -0.15) is 0 Å². The van der Waals surface area contributed by atoms with Gasteiger partial charge in [-0.05, 0) is 55.5 Å². The lowest BCUT2D eigenvalue weighted by Gasteiger charge is -2.28. The van der Waals surface area contributed by atoms with Crippen LogP contribution in [0.2, 0.25) is 0 Å². The van der Waals surface area contributed by atoms with Gasteiger partial charge in [-0.3, -0.25) is 9.59 Å². The molecule has 0 saturated heterocycles. The van der Waals surface area contributed by atoms with Crippen molar-refractivity contribution >= 4 is 23.5 Å². The quantitative estimate of drug-likeness (QED) is 0.886. The lowest BCUT2D eigenvalue weighted by molar-refractivity contribution is -0.124. The van der Waals surface area contributed by atoms with E-state index in [1.165, 1.54) is 5.56 Å². The Morgan fingerprint density at radius 2 is 1.88 bits per heavy atom. The molecule has 26 heavy (non-hydrogen) atoms. The number of carbonyl (C=O) groups is 2. The van der Waals surface area contributed by atoms with E-state index in [0.717, 1.165) is 20.9 Å². The molecule has 1 fully saturated rings. The van der Waals surface area contributed by atoms with Crippen molar-refractivity contribution in [3.05, 3.63) is 71.3 Å². The van der Waals surface area contributed by atoms with Crippen molar-refractivity contribution in [3.63, 3.8) is 0 Å². The molecule has 2 aromatic rings. The average Bonchev–Trinajstić information content (AvgIpc) is 3.12. The number of allylic oxidation sites excluding steroid dienone is 2. The molecular formula is C22H21NO2S. The molecule has 132 valence electrons. The molecular weight excluding hydrogens is 342 g/mol. The first kappa shape index (κ1) is 17.1. The topological polar surface area (TPSA) is 60.2 Å². The number of nitrogens with two attached hydrogens (primary N) is 1. The van der Waals surface area contributed by atoms with E-state index in [4.69, 9.17) is 5.73 Å².